The molecule has 0 aliphatic rings. The number of alkyl halides is 1. The predicted molar refractivity (Wildman–Crippen MR) is 62.3 cm³/mol. The van der Waals surface area contributed by atoms with Crippen LogP contribution < -0.4 is 0 Å². The molecule has 0 saturated carbocycles. The molecule has 0 heterocycles. The summed E-state index contributed by atoms with van der Waals surface area (Å²) in [5, 5.41) is -0.830. The zero-order valence-corrected chi connectivity index (χ0v) is 11.1. The molecule has 0 aliphatic carbocycles. The van der Waals surface area contributed by atoms with Gasteiger partial charge in [0.15, 0.2) is 9.84 Å². The number of hydrogen-bond donors (Lipinski definition) is 0. The van der Waals surface area contributed by atoms with Crippen LogP contribution in [0.15, 0.2) is 18.2 Å². The van der Waals surface area contributed by atoms with E-state index in [4.69, 9.17) is 0 Å². The first-order chi connectivity index (χ1) is 7.23. The van der Waals surface area contributed by atoms with Crippen LogP contribution in [0, 0.1) is 11.6 Å². The van der Waals surface area contributed by atoms with E-state index in [2.05, 4.69) is 15.9 Å². The van der Waals surface area contributed by atoms with Crippen molar-refractivity contribution in [1.29, 1.82) is 0 Å². The molecule has 0 bridgehead atoms. The van der Waals surface area contributed by atoms with Crippen molar-refractivity contribution < 1.29 is 17.2 Å². The van der Waals surface area contributed by atoms with Crippen molar-refractivity contribution in [2.45, 2.75) is 17.0 Å². The summed E-state index contributed by atoms with van der Waals surface area (Å²) in [6.07, 6.45) is 1.06. The monoisotopic (exact) mass is 312 g/mol. The minimum atomic E-state index is -3.32. The molecule has 1 rings (SSSR count). The van der Waals surface area contributed by atoms with Gasteiger partial charge in [-0.1, -0.05) is 15.9 Å². The molecule has 6 heteroatoms. The van der Waals surface area contributed by atoms with Crippen LogP contribution in [0.2, 0.25) is 0 Å². The third-order valence-electron chi connectivity index (χ3n) is 2.34. The zero-order chi connectivity index (χ0) is 12.5. The van der Waals surface area contributed by atoms with Crippen LogP contribution in [0.5, 0.6) is 0 Å². The lowest BCUT2D eigenvalue weighted by molar-refractivity contribution is 0.571. The highest BCUT2D eigenvalue weighted by atomic mass is 79.9. The van der Waals surface area contributed by atoms with E-state index in [0.29, 0.717) is 0 Å². The van der Waals surface area contributed by atoms with Crippen molar-refractivity contribution in [1.82, 2.24) is 0 Å². The van der Waals surface area contributed by atoms with E-state index in [9.17, 15) is 17.2 Å². The highest BCUT2D eigenvalue weighted by molar-refractivity contribution is 9.09. The van der Waals surface area contributed by atoms with Gasteiger partial charge in [0.05, 0.1) is 10.1 Å². The number of benzene rings is 1. The fourth-order valence-electron chi connectivity index (χ4n) is 1.20. The third-order valence-corrected chi connectivity index (χ3v) is 5.60. The predicted octanol–water partition coefficient (Wildman–Crippen LogP) is 2.83. The van der Waals surface area contributed by atoms with Crippen LogP contribution in [0.4, 0.5) is 8.78 Å². The fraction of sp³-hybridized carbons (Fsp3) is 0.400. The molecular weight excluding hydrogens is 302 g/mol. The molecule has 1 aromatic carbocycles. The molecule has 0 amide bonds. The number of hydrogen-bond acceptors (Lipinski definition) is 2. The van der Waals surface area contributed by atoms with E-state index in [1.165, 1.54) is 6.92 Å². The molecule has 1 aromatic rings. The van der Waals surface area contributed by atoms with E-state index in [1.807, 2.05) is 0 Å². The molecular formula is C10H11BrF2O2S. The largest absolute Gasteiger partial charge is 0.229 e. The Morgan fingerprint density at radius 3 is 2.38 bits per heavy atom. The summed E-state index contributed by atoms with van der Waals surface area (Å²) < 4.78 is 48.9. The maximum atomic E-state index is 13.4. The highest BCUT2D eigenvalue weighted by Crippen LogP contribution is 2.32. The van der Waals surface area contributed by atoms with Gasteiger partial charge in [0.2, 0.25) is 0 Å². The fourth-order valence-corrected chi connectivity index (χ4v) is 3.30. The highest BCUT2D eigenvalue weighted by Gasteiger charge is 2.27. The van der Waals surface area contributed by atoms with Gasteiger partial charge in [0, 0.05) is 11.8 Å². The Balaban J connectivity index is 3.14. The van der Waals surface area contributed by atoms with Gasteiger partial charge in [-0.05, 0) is 25.1 Å². The molecule has 2 unspecified atom stereocenters. The summed E-state index contributed by atoms with van der Waals surface area (Å²) in [4.78, 5) is -0.766. The van der Waals surface area contributed by atoms with E-state index in [-0.39, 0.29) is 5.56 Å². The standard InChI is InChI=1S/C10H11BrF2O2S/c1-6(16(2,14)15)10(11)8-5-7(12)3-4-9(8)13/h3-6,10H,1-2H3. The van der Waals surface area contributed by atoms with Gasteiger partial charge in [-0.25, -0.2) is 17.2 Å². The van der Waals surface area contributed by atoms with Gasteiger partial charge in [-0.3, -0.25) is 0 Å². The molecule has 2 atom stereocenters. The molecule has 0 aromatic heterocycles. The summed E-state index contributed by atoms with van der Waals surface area (Å²) in [7, 11) is -3.32. The normalized spacial score (nSPS) is 15.8. The van der Waals surface area contributed by atoms with Crippen LogP contribution in [0.3, 0.4) is 0 Å². The summed E-state index contributed by atoms with van der Waals surface area (Å²) in [6.45, 7) is 1.44. The first-order valence-corrected chi connectivity index (χ1v) is 7.38. The maximum Gasteiger partial charge on any atom is 0.151 e. The maximum absolute atomic E-state index is 13.4. The van der Waals surface area contributed by atoms with Crippen molar-refractivity contribution >= 4 is 25.8 Å². The lowest BCUT2D eigenvalue weighted by atomic mass is 10.1. The smallest absolute Gasteiger partial charge is 0.151 e. The van der Waals surface area contributed by atoms with Crippen molar-refractivity contribution in [3.05, 3.63) is 35.4 Å². The Labute approximate surface area is 102 Å². The molecule has 0 spiro atoms. The molecule has 0 fully saturated rings. The van der Waals surface area contributed by atoms with E-state index >= 15 is 0 Å². The van der Waals surface area contributed by atoms with Crippen LogP contribution in [0.25, 0.3) is 0 Å². The van der Waals surface area contributed by atoms with Crippen molar-refractivity contribution in [3.63, 3.8) is 0 Å². The quantitative estimate of drug-likeness (QED) is 0.804. The minimum absolute atomic E-state index is 0.0120. The molecule has 0 aliphatic heterocycles. The summed E-state index contributed by atoms with van der Waals surface area (Å²) >= 11 is 3.09. The molecule has 16 heavy (non-hydrogen) atoms. The first kappa shape index (κ1) is 13.6. The number of halogens is 3. The molecule has 0 saturated heterocycles. The third kappa shape index (κ3) is 3.01. The average molecular weight is 313 g/mol. The molecule has 90 valence electrons. The van der Waals surface area contributed by atoms with Crippen molar-refractivity contribution in [3.8, 4) is 0 Å². The summed E-state index contributed by atoms with van der Waals surface area (Å²) in [5.41, 5.74) is 0.0120. The van der Waals surface area contributed by atoms with E-state index in [1.54, 1.807) is 0 Å². The second-order valence-electron chi connectivity index (χ2n) is 3.60. The van der Waals surface area contributed by atoms with Gasteiger partial charge in [-0.2, -0.15) is 0 Å². The first-order valence-electron chi connectivity index (χ1n) is 4.51. The second kappa shape index (κ2) is 4.79. The summed E-state index contributed by atoms with van der Waals surface area (Å²) in [6, 6.07) is 2.97. The second-order valence-corrected chi connectivity index (χ2v) is 6.99. The van der Waals surface area contributed by atoms with Crippen molar-refractivity contribution in [2.24, 2.45) is 0 Å². The number of rotatable bonds is 3. The van der Waals surface area contributed by atoms with Crippen LogP contribution in [0.1, 0.15) is 17.3 Å². The lowest BCUT2D eigenvalue weighted by Gasteiger charge is -2.17. The van der Waals surface area contributed by atoms with Crippen LogP contribution in [-0.4, -0.2) is 19.9 Å². The topological polar surface area (TPSA) is 34.1 Å². The van der Waals surface area contributed by atoms with E-state index in [0.717, 1.165) is 24.5 Å². The Morgan fingerprint density at radius 1 is 1.31 bits per heavy atom. The van der Waals surface area contributed by atoms with Crippen LogP contribution >= 0.6 is 15.9 Å². The van der Waals surface area contributed by atoms with Gasteiger partial charge >= 0.3 is 0 Å². The Bertz CT molecular complexity index is 488. The van der Waals surface area contributed by atoms with Gasteiger partial charge in [0.1, 0.15) is 11.6 Å². The SMILES string of the molecule is CC(C(Br)c1cc(F)ccc1F)S(C)(=O)=O. The summed E-state index contributed by atoms with van der Waals surface area (Å²) in [5.74, 6) is -1.22. The van der Waals surface area contributed by atoms with E-state index < -0.39 is 31.5 Å². The van der Waals surface area contributed by atoms with Gasteiger partial charge < -0.3 is 0 Å². The Hall–Kier alpha value is -0.490. The van der Waals surface area contributed by atoms with Gasteiger partial charge in [0.25, 0.3) is 0 Å². The van der Waals surface area contributed by atoms with Crippen molar-refractivity contribution in [2.75, 3.05) is 6.26 Å². The average Bonchev–Trinajstić information content (AvgIpc) is 2.18. The zero-order valence-electron chi connectivity index (χ0n) is 8.75. The molecule has 2 nitrogen and oxygen atoms in total. The molecule has 0 N–H and O–H groups in total. The van der Waals surface area contributed by atoms with Gasteiger partial charge in [-0.15, -0.1) is 0 Å². The molecule has 0 radical (unpaired) electrons. The Kier molecular flexibility index (Phi) is 4.07. The lowest BCUT2D eigenvalue weighted by Crippen LogP contribution is -2.21. The number of sulfone groups is 1. The Morgan fingerprint density at radius 2 is 1.88 bits per heavy atom. The van der Waals surface area contributed by atoms with Crippen LogP contribution in [-0.2, 0) is 9.84 Å². The minimum Gasteiger partial charge on any atom is -0.229 e.